The van der Waals surface area contributed by atoms with Crippen LogP contribution in [-0.2, 0) is 11.8 Å². The molecule has 0 fully saturated rings. The summed E-state index contributed by atoms with van der Waals surface area (Å²) in [6.07, 6.45) is 2.08. The van der Waals surface area contributed by atoms with E-state index in [0.29, 0.717) is 0 Å². The third kappa shape index (κ3) is 1.55. The second-order valence-corrected chi connectivity index (χ2v) is 7.20. The third-order valence-electron chi connectivity index (χ3n) is 5.69. The zero-order chi connectivity index (χ0) is 15.5. The molecule has 2 heterocycles. The van der Waals surface area contributed by atoms with Gasteiger partial charge in [0.25, 0.3) is 0 Å². The van der Waals surface area contributed by atoms with Crippen LogP contribution in [0.5, 0.6) is 5.75 Å². The number of hydrogen-bond acceptors (Lipinski definition) is 2. The van der Waals surface area contributed by atoms with Crippen molar-refractivity contribution >= 4 is 5.69 Å². The molecule has 2 aromatic rings. The third-order valence-corrected chi connectivity index (χ3v) is 5.69. The Morgan fingerprint density at radius 1 is 1.09 bits per heavy atom. The van der Waals surface area contributed by atoms with Gasteiger partial charge >= 0.3 is 0 Å². The van der Waals surface area contributed by atoms with Crippen LogP contribution in [0.3, 0.4) is 0 Å². The maximum absolute atomic E-state index is 6.67. The number of anilines is 1. The Balaban J connectivity index is 1.85. The first-order valence-corrected chi connectivity index (χ1v) is 8.08. The van der Waals surface area contributed by atoms with E-state index < -0.39 is 0 Å². The van der Waals surface area contributed by atoms with Crippen LogP contribution in [0.25, 0.3) is 0 Å². The topological polar surface area (TPSA) is 12.5 Å². The molecule has 1 spiro atoms. The first-order valence-electron chi connectivity index (χ1n) is 8.08. The molecule has 2 aromatic carbocycles. The van der Waals surface area contributed by atoms with E-state index in [1.54, 1.807) is 0 Å². The normalized spacial score (nSPS) is 24.8. The number of benzene rings is 2. The molecule has 2 aliphatic rings. The largest absolute Gasteiger partial charge is 0.467 e. The Labute approximate surface area is 132 Å². The van der Waals surface area contributed by atoms with Gasteiger partial charge < -0.3 is 9.64 Å². The van der Waals surface area contributed by atoms with Gasteiger partial charge in [-0.3, -0.25) is 0 Å². The lowest BCUT2D eigenvalue weighted by molar-refractivity contribution is -0.00582. The molecule has 0 N–H and O–H groups in total. The SMILES string of the molecule is Cc1ccc2c(c1)CC[C@]1(O2)N(C)c2ccccc2C1(C)C. The van der Waals surface area contributed by atoms with Crippen LogP contribution in [0, 0.1) is 6.92 Å². The van der Waals surface area contributed by atoms with E-state index in [2.05, 4.69) is 75.2 Å². The summed E-state index contributed by atoms with van der Waals surface area (Å²) in [6.45, 7) is 6.77. The number of aryl methyl sites for hydroxylation is 2. The van der Waals surface area contributed by atoms with Crippen molar-refractivity contribution in [3.63, 3.8) is 0 Å². The fourth-order valence-corrected chi connectivity index (χ4v) is 4.34. The molecule has 22 heavy (non-hydrogen) atoms. The summed E-state index contributed by atoms with van der Waals surface area (Å²) in [5, 5.41) is 0. The van der Waals surface area contributed by atoms with Gasteiger partial charge in [0, 0.05) is 19.2 Å². The summed E-state index contributed by atoms with van der Waals surface area (Å²) < 4.78 is 6.67. The van der Waals surface area contributed by atoms with Crippen LogP contribution in [0.1, 0.15) is 37.0 Å². The average Bonchev–Trinajstić information content (AvgIpc) is 2.67. The maximum Gasteiger partial charge on any atom is 0.192 e. The van der Waals surface area contributed by atoms with E-state index in [4.69, 9.17) is 4.74 Å². The highest BCUT2D eigenvalue weighted by Crippen LogP contribution is 2.55. The van der Waals surface area contributed by atoms with Crippen molar-refractivity contribution in [3.05, 3.63) is 59.2 Å². The van der Waals surface area contributed by atoms with E-state index in [9.17, 15) is 0 Å². The van der Waals surface area contributed by atoms with Crippen LogP contribution in [0.15, 0.2) is 42.5 Å². The number of likely N-dealkylation sites (N-methyl/N-ethyl adjacent to an activating group) is 1. The molecule has 0 saturated heterocycles. The maximum atomic E-state index is 6.67. The van der Waals surface area contributed by atoms with Crippen LogP contribution >= 0.6 is 0 Å². The Hall–Kier alpha value is -1.96. The van der Waals surface area contributed by atoms with E-state index in [-0.39, 0.29) is 11.1 Å². The molecule has 2 heteroatoms. The van der Waals surface area contributed by atoms with Gasteiger partial charge in [-0.2, -0.15) is 0 Å². The molecule has 0 bridgehead atoms. The smallest absolute Gasteiger partial charge is 0.192 e. The summed E-state index contributed by atoms with van der Waals surface area (Å²) in [7, 11) is 2.17. The lowest BCUT2D eigenvalue weighted by Crippen LogP contribution is -2.60. The number of nitrogens with zero attached hydrogens (tertiary/aromatic N) is 1. The van der Waals surface area contributed by atoms with Gasteiger partial charge in [-0.25, -0.2) is 0 Å². The van der Waals surface area contributed by atoms with Crippen LogP contribution < -0.4 is 9.64 Å². The van der Waals surface area contributed by atoms with Gasteiger partial charge in [-0.1, -0.05) is 35.9 Å². The minimum atomic E-state index is -0.293. The van der Waals surface area contributed by atoms with Crippen LogP contribution in [0.4, 0.5) is 5.69 Å². The van der Waals surface area contributed by atoms with Crippen molar-refractivity contribution in [1.29, 1.82) is 0 Å². The first-order chi connectivity index (χ1) is 10.5. The predicted octanol–water partition coefficient (Wildman–Crippen LogP) is 4.44. The van der Waals surface area contributed by atoms with Crippen molar-refractivity contribution in [2.75, 3.05) is 11.9 Å². The number of hydrogen-bond donors (Lipinski definition) is 0. The Bertz CT molecular complexity index is 749. The van der Waals surface area contributed by atoms with Gasteiger partial charge in [-0.05, 0) is 50.5 Å². The van der Waals surface area contributed by atoms with E-state index in [0.717, 1.165) is 18.6 Å². The summed E-state index contributed by atoms with van der Waals surface area (Å²) in [5.74, 6) is 1.05. The average molecular weight is 293 g/mol. The van der Waals surface area contributed by atoms with E-state index in [1.165, 1.54) is 22.4 Å². The summed E-state index contributed by atoms with van der Waals surface area (Å²) >= 11 is 0. The number of para-hydroxylation sites is 1. The number of fused-ring (bicyclic) bond motifs is 2. The standard InChI is InChI=1S/C20H23NO/c1-14-9-10-18-15(13-14)11-12-20(22-18)19(2,3)16-7-5-6-8-17(16)21(20)4/h5-10,13H,11-12H2,1-4H3/t20-/m1/s1. The second kappa shape index (κ2) is 4.28. The van der Waals surface area contributed by atoms with Crippen molar-refractivity contribution < 1.29 is 4.74 Å². The first kappa shape index (κ1) is 13.7. The van der Waals surface area contributed by atoms with Crippen LogP contribution in [0.2, 0.25) is 0 Å². The highest BCUT2D eigenvalue weighted by molar-refractivity contribution is 5.66. The molecule has 4 rings (SSSR count). The molecular weight excluding hydrogens is 270 g/mol. The highest BCUT2D eigenvalue weighted by atomic mass is 16.5. The summed E-state index contributed by atoms with van der Waals surface area (Å²) in [4.78, 5) is 2.35. The highest BCUT2D eigenvalue weighted by Gasteiger charge is 2.58. The molecule has 0 saturated carbocycles. The molecule has 0 amide bonds. The minimum absolute atomic E-state index is 0.0408. The number of rotatable bonds is 0. The van der Waals surface area contributed by atoms with Gasteiger partial charge in [-0.15, -0.1) is 0 Å². The predicted molar refractivity (Wildman–Crippen MR) is 90.7 cm³/mol. The van der Waals surface area contributed by atoms with Gasteiger partial charge in [0.2, 0.25) is 0 Å². The Kier molecular flexibility index (Phi) is 2.66. The van der Waals surface area contributed by atoms with Gasteiger partial charge in [0.1, 0.15) is 5.75 Å². The molecule has 1 atom stereocenters. The summed E-state index contributed by atoms with van der Waals surface area (Å²) in [6, 6.07) is 15.2. The van der Waals surface area contributed by atoms with Crippen LogP contribution in [-0.4, -0.2) is 12.8 Å². The second-order valence-electron chi connectivity index (χ2n) is 7.20. The fraction of sp³-hybridized carbons (Fsp3) is 0.400. The van der Waals surface area contributed by atoms with Gasteiger partial charge in [0.15, 0.2) is 5.72 Å². The van der Waals surface area contributed by atoms with E-state index in [1.807, 2.05) is 0 Å². The molecule has 0 unspecified atom stereocenters. The van der Waals surface area contributed by atoms with Crippen molar-refractivity contribution in [2.45, 2.75) is 44.8 Å². The number of ether oxygens (including phenoxy) is 1. The molecular formula is C20H23NO. The molecule has 0 aliphatic carbocycles. The monoisotopic (exact) mass is 293 g/mol. The van der Waals surface area contributed by atoms with Crippen molar-refractivity contribution in [2.24, 2.45) is 0 Å². The quantitative estimate of drug-likeness (QED) is 0.712. The summed E-state index contributed by atoms with van der Waals surface area (Å²) in [5.41, 5.74) is 4.99. The minimum Gasteiger partial charge on any atom is -0.467 e. The van der Waals surface area contributed by atoms with Gasteiger partial charge in [0.05, 0.1) is 5.41 Å². The van der Waals surface area contributed by atoms with Crippen molar-refractivity contribution in [3.8, 4) is 5.75 Å². The lowest BCUT2D eigenvalue weighted by Gasteiger charge is -2.48. The fourth-order valence-electron chi connectivity index (χ4n) is 4.34. The Morgan fingerprint density at radius 3 is 2.64 bits per heavy atom. The lowest BCUT2D eigenvalue weighted by atomic mass is 9.74. The zero-order valence-corrected chi connectivity index (χ0v) is 13.8. The Morgan fingerprint density at radius 2 is 1.86 bits per heavy atom. The zero-order valence-electron chi connectivity index (χ0n) is 13.8. The molecule has 0 aromatic heterocycles. The van der Waals surface area contributed by atoms with Crippen molar-refractivity contribution in [1.82, 2.24) is 0 Å². The molecule has 2 nitrogen and oxygen atoms in total. The molecule has 114 valence electrons. The van der Waals surface area contributed by atoms with E-state index >= 15 is 0 Å². The molecule has 0 radical (unpaired) electrons. The molecule has 2 aliphatic heterocycles.